The van der Waals surface area contributed by atoms with Gasteiger partial charge in [-0.1, -0.05) is 72.8 Å². The highest BCUT2D eigenvalue weighted by molar-refractivity contribution is 7.16. The molecule has 0 spiro atoms. The fourth-order valence-corrected chi connectivity index (χ4v) is 0.770. The highest BCUT2D eigenvalue weighted by Gasteiger charge is 1.58. The van der Waals surface area contributed by atoms with Gasteiger partial charge in [0.05, 0.1) is 0 Å². The van der Waals surface area contributed by atoms with Gasteiger partial charge in [-0.25, -0.2) is 0 Å². The zero-order chi connectivity index (χ0) is 11.2. The van der Waals surface area contributed by atoms with Crippen molar-refractivity contribution in [1.82, 2.24) is 0 Å². The lowest BCUT2D eigenvalue weighted by Gasteiger charge is -1.69. The van der Waals surface area contributed by atoms with Gasteiger partial charge in [-0.2, -0.15) is 0 Å². The molecule has 0 heterocycles. The van der Waals surface area contributed by atoms with Gasteiger partial charge >= 0.3 is 0 Å². The Kier molecular flexibility index (Phi) is 11.5. The molecule has 0 aliphatic heterocycles. The molecule has 2 rings (SSSR count). The summed E-state index contributed by atoms with van der Waals surface area (Å²) in [5.74, 6) is 0. The van der Waals surface area contributed by atoms with Crippen LogP contribution in [0, 0.1) is 0 Å². The van der Waals surface area contributed by atoms with Crippen molar-refractivity contribution in [3.05, 3.63) is 72.8 Å². The second kappa shape index (κ2) is 12.6. The van der Waals surface area contributed by atoms with Crippen LogP contribution >= 0.6 is 8.69 Å². The third-order valence-corrected chi connectivity index (χ3v) is 1.33. The van der Waals surface area contributed by atoms with Crippen molar-refractivity contribution in [3.8, 4) is 0 Å². The largest absolute Gasteiger partial charge is 0.348 e. The number of benzene rings is 2. The summed E-state index contributed by atoms with van der Waals surface area (Å²) in [7, 11) is -1.50. The minimum Gasteiger partial charge on any atom is -0.348 e. The van der Waals surface area contributed by atoms with Crippen LogP contribution in [0.3, 0.4) is 0 Å². The molecule has 0 fully saturated rings. The minimum atomic E-state index is -1.50. The first-order valence-corrected chi connectivity index (χ1v) is 5.48. The molecular weight excluding hydrogens is 207 g/mol. The van der Waals surface area contributed by atoms with Crippen molar-refractivity contribution in [2.24, 2.45) is 0 Å². The summed E-state index contributed by atoms with van der Waals surface area (Å²) in [5.41, 5.74) is 0. The molecule has 3 heteroatoms. The Hall–Kier alpha value is -1.37. The highest BCUT2D eigenvalue weighted by Crippen LogP contribution is 1.80. The van der Waals surface area contributed by atoms with Crippen LogP contribution in [0.1, 0.15) is 0 Å². The fraction of sp³-hybridized carbons (Fsp3) is 0. The van der Waals surface area contributed by atoms with Gasteiger partial charge in [0.1, 0.15) is 0 Å². The fourth-order valence-electron chi connectivity index (χ4n) is 0.770. The van der Waals surface area contributed by atoms with Crippen molar-refractivity contribution in [2.45, 2.75) is 0 Å². The van der Waals surface area contributed by atoms with Crippen LogP contribution < -0.4 is 0 Å². The number of hydrogen-bond acceptors (Lipinski definition) is 1. The van der Waals surface area contributed by atoms with Crippen LogP contribution in [-0.2, 0) is 4.57 Å². The average Bonchev–Trinajstić information content (AvgIpc) is 2.35. The molecule has 1 atom stereocenters. The molecule has 1 N–H and O–H groups in total. The zero-order valence-corrected chi connectivity index (χ0v) is 9.52. The summed E-state index contributed by atoms with van der Waals surface area (Å²) in [6.07, 6.45) is 0. The summed E-state index contributed by atoms with van der Waals surface area (Å²) in [6.45, 7) is 0. The van der Waals surface area contributed by atoms with E-state index < -0.39 is 8.69 Å². The first kappa shape index (κ1) is 13.6. The van der Waals surface area contributed by atoms with Crippen molar-refractivity contribution in [2.75, 3.05) is 0 Å². The second-order valence-corrected chi connectivity index (χ2v) is 2.63. The smallest absolute Gasteiger partial charge is 0.177 e. The van der Waals surface area contributed by atoms with Crippen LogP contribution in [0.2, 0.25) is 0 Å². The molecule has 2 aromatic rings. The summed E-state index contributed by atoms with van der Waals surface area (Å²) in [4.78, 5) is 7.10. The van der Waals surface area contributed by atoms with Crippen molar-refractivity contribution < 1.29 is 9.46 Å². The lowest BCUT2D eigenvalue weighted by Crippen LogP contribution is -1.47. The van der Waals surface area contributed by atoms with Crippen LogP contribution in [0.25, 0.3) is 0 Å². The monoisotopic (exact) mass is 222 g/mol. The van der Waals surface area contributed by atoms with E-state index in [-0.39, 0.29) is 0 Å². The van der Waals surface area contributed by atoms with Gasteiger partial charge in [0.25, 0.3) is 0 Å². The zero-order valence-electron chi connectivity index (χ0n) is 8.36. The van der Waals surface area contributed by atoms with Gasteiger partial charge in [-0.05, 0) is 0 Å². The van der Waals surface area contributed by atoms with Crippen LogP contribution in [0.5, 0.6) is 0 Å². The van der Waals surface area contributed by atoms with E-state index in [1.165, 1.54) is 0 Å². The second-order valence-electron chi connectivity index (χ2n) is 2.41. The normalized spacial score (nSPS) is 8.33. The van der Waals surface area contributed by atoms with E-state index in [0.717, 1.165) is 0 Å². The molecular formula is C12H15O2P. The summed E-state index contributed by atoms with van der Waals surface area (Å²) in [5, 5.41) is 0. The summed E-state index contributed by atoms with van der Waals surface area (Å²) >= 11 is 0. The van der Waals surface area contributed by atoms with Crippen LogP contribution in [-0.4, -0.2) is 4.89 Å². The van der Waals surface area contributed by atoms with E-state index in [1.54, 1.807) is 0 Å². The Morgan fingerprint density at radius 1 is 0.533 bits per heavy atom. The van der Waals surface area contributed by atoms with Gasteiger partial charge in [0.2, 0.25) is 0 Å². The third kappa shape index (κ3) is 12.6. The van der Waals surface area contributed by atoms with Gasteiger partial charge in [0, 0.05) is 0 Å². The third-order valence-electron chi connectivity index (χ3n) is 1.33. The molecule has 80 valence electrons. The minimum absolute atomic E-state index is 1.50. The molecule has 0 aliphatic carbocycles. The van der Waals surface area contributed by atoms with Gasteiger partial charge < -0.3 is 4.89 Å². The number of hydrogen-bond donors (Lipinski definition) is 1. The topological polar surface area (TPSA) is 37.3 Å². The van der Waals surface area contributed by atoms with Crippen molar-refractivity contribution in [3.63, 3.8) is 0 Å². The molecule has 0 amide bonds. The Morgan fingerprint density at radius 2 is 0.600 bits per heavy atom. The molecule has 0 aliphatic rings. The molecule has 2 nitrogen and oxygen atoms in total. The van der Waals surface area contributed by atoms with E-state index in [9.17, 15) is 0 Å². The molecule has 1 unspecified atom stereocenters. The molecule has 2 aromatic carbocycles. The maximum atomic E-state index is 8.57. The van der Waals surface area contributed by atoms with Crippen LogP contribution in [0.4, 0.5) is 0 Å². The van der Waals surface area contributed by atoms with Crippen molar-refractivity contribution in [1.29, 1.82) is 0 Å². The molecule has 15 heavy (non-hydrogen) atoms. The van der Waals surface area contributed by atoms with Gasteiger partial charge in [-0.15, -0.1) is 0 Å². The average molecular weight is 222 g/mol. The standard InChI is InChI=1S/2C6H6.H3O2P/c2*1-2-4-6-5-3-1;1-3-2/h2*1-6H;3H2,(H,1,2). The lowest BCUT2D eigenvalue weighted by molar-refractivity contribution is 0.524. The molecule has 0 bridgehead atoms. The highest BCUT2D eigenvalue weighted by atomic mass is 31.1. The SMILES string of the molecule is O=[PH2]O.c1ccccc1.c1ccccc1. The number of rotatable bonds is 0. The molecule has 0 radical (unpaired) electrons. The summed E-state index contributed by atoms with van der Waals surface area (Å²) < 4.78 is 8.57. The van der Waals surface area contributed by atoms with E-state index in [1.807, 2.05) is 72.8 Å². The van der Waals surface area contributed by atoms with E-state index in [2.05, 4.69) is 0 Å². The van der Waals surface area contributed by atoms with E-state index in [0.29, 0.717) is 0 Å². The maximum absolute atomic E-state index is 8.57. The first-order chi connectivity index (χ1) is 7.41. The van der Waals surface area contributed by atoms with Gasteiger partial charge in [0.15, 0.2) is 8.69 Å². The molecule has 0 saturated heterocycles. The predicted molar refractivity (Wildman–Crippen MR) is 65.5 cm³/mol. The first-order valence-electron chi connectivity index (χ1n) is 4.49. The molecule has 0 saturated carbocycles. The van der Waals surface area contributed by atoms with E-state index >= 15 is 0 Å². The Balaban J connectivity index is 0.000000210. The summed E-state index contributed by atoms with van der Waals surface area (Å²) in [6, 6.07) is 24.0. The Morgan fingerprint density at radius 3 is 0.667 bits per heavy atom. The predicted octanol–water partition coefficient (Wildman–Crippen LogP) is 3.02. The van der Waals surface area contributed by atoms with Crippen LogP contribution in [0.15, 0.2) is 72.8 Å². The maximum Gasteiger partial charge on any atom is 0.177 e. The van der Waals surface area contributed by atoms with Gasteiger partial charge in [-0.3, -0.25) is 4.57 Å². The Labute approximate surface area is 91.5 Å². The quantitative estimate of drug-likeness (QED) is 0.695. The molecule has 0 aromatic heterocycles. The van der Waals surface area contributed by atoms with Crippen molar-refractivity contribution >= 4 is 8.69 Å². The Bertz CT molecular complexity index is 226. The van der Waals surface area contributed by atoms with E-state index in [4.69, 9.17) is 9.46 Å². The lowest BCUT2D eigenvalue weighted by atomic mass is 10.4.